The first kappa shape index (κ1) is 16.0. The number of carbonyl (C=O) groups excluding carboxylic acids is 1. The third-order valence-corrected chi connectivity index (χ3v) is 6.06. The second-order valence-electron chi connectivity index (χ2n) is 7.66. The molecule has 20 heavy (non-hydrogen) atoms. The van der Waals surface area contributed by atoms with E-state index in [0.29, 0.717) is 5.78 Å². The van der Waals surface area contributed by atoms with Gasteiger partial charge in [-0.3, -0.25) is 0 Å². The van der Waals surface area contributed by atoms with E-state index in [0.717, 1.165) is 36.5 Å². The molecular weight excluding hydrogens is 244 g/mol. The van der Waals surface area contributed by atoms with E-state index in [2.05, 4.69) is 6.92 Å². The fourth-order valence-electron chi connectivity index (χ4n) is 4.72. The summed E-state index contributed by atoms with van der Waals surface area (Å²) in [6.07, 6.45) is 16.5. The van der Waals surface area contributed by atoms with Crippen LogP contribution in [0.4, 0.5) is 0 Å². The summed E-state index contributed by atoms with van der Waals surface area (Å²) >= 11 is 0. The molecular formula is C19H34O. The predicted octanol–water partition coefficient (Wildman–Crippen LogP) is 5.77. The Morgan fingerprint density at radius 3 is 2.45 bits per heavy atom. The predicted molar refractivity (Wildman–Crippen MR) is 85.7 cm³/mol. The summed E-state index contributed by atoms with van der Waals surface area (Å²) in [6.45, 7) is 4.19. The monoisotopic (exact) mass is 278 g/mol. The van der Waals surface area contributed by atoms with Crippen LogP contribution in [-0.2, 0) is 4.79 Å². The second-order valence-corrected chi connectivity index (χ2v) is 7.66. The van der Waals surface area contributed by atoms with Crippen LogP contribution < -0.4 is 0 Å². The number of rotatable bonds is 6. The van der Waals surface area contributed by atoms with Crippen LogP contribution in [0, 0.1) is 23.7 Å². The van der Waals surface area contributed by atoms with Gasteiger partial charge in [0.25, 0.3) is 0 Å². The number of ketones is 1. The quantitative estimate of drug-likeness (QED) is 0.564. The van der Waals surface area contributed by atoms with E-state index >= 15 is 0 Å². The van der Waals surface area contributed by atoms with Gasteiger partial charge in [0.15, 0.2) is 0 Å². The van der Waals surface area contributed by atoms with Crippen LogP contribution in [0.25, 0.3) is 0 Å². The van der Waals surface area contributed by atoms with Crippen LogP contribution >= 0.6 is 0 Å². The van der Waals surface area contributed by atoms with Gasteiger partial charge >= 0.3 is 0 Å². The summed E-state index contributed by atoms with van der Waals surface area (Å²) in [5.74, 6) is 4.33. The molecule has 2 saturated carbocycles. The molecule has 0 saturated heterocycles. The molecule has 0 N–H and O–H groups in total. The lowest BCUT2D eigenvalue weighted by Crippen LogP contribution is -2.21. The first-order chi connectivity index (χ1) is 9.66. The van der Waals surface area contributed by atoms with E-state index in [1.807, 2.05) is 0 Å². The second kappa shape index (κ2) is 8.20. The largest absolute Gasteiger partial charge is 0.300 e. The third kappa shape index (κ3) is 4.90. The van der Waals surface area contributed by atoms with Gasteiger partial charge in [-0.05, 0) is 43.4 Å². The van der Waals surface area contributed by atoms with Crippen LogP contribution in [0.2, 0.25) is 0 Å². The normalized spacial score (nSPS) is 32.2. The van der Waals surface area contributed by atoms with Crippen LogP contribution in [-0.4, -0.2) is 5.78 Å². The van der Waals surface area contributed by atoms with Crippen molar-refractivity contribution >= 4 is 5.78 Å². The van der Waals surface area contributed by atoms with Gasteiger partial charge in [0.1, 0.15) is 5.78 Å². The van der Waals surface area contributed by atoms with Gasteiger partial charge in [0, 0.05) is 6.42 Å². The Bertz CT molecular complexity index is 296. The molecule has 0 aromatic heterocycles. The Labute approximate surface area is 125 Å². The molecule has 1 heteroatoms. The minimum Gasteiger partial charge on any atom is -0.300 e. The van der Waals surface area contributed by atoms with Crippen molar-refractivity contribution in [2.45, 2.75) is 90.9 Å². The molecule has 1 nitrogen and oxygen atoms in total. The molecule has 0 amide bonds. The van der Waals surface area contributed by atoms with Crippen LogP contribution in [0.5, 0.6) is 0 Å². The minimum absolute atomic E-state index is 0.358. The molecule has 0 spiro atoms. The van der Waals surface area contributed by atoms with Gasteiger partial charge in [0.05, 0.1) is 0 Å². The van der Waals surface area contributed by atoms with Crippen molar-refractivity contribution in [2.75, 3.05) is 0 Å². The average Bonchev–Trinajstić information content (AvgIpc) is 2.65. The molecule has 0 aliphatic heterocycles. The number of fused-ring (bicyclic) bond motifs is 1. The van der Waals surface area contributed by atoms with Crippen molar-refractivity contribution in [3.05, 3.63) is 0 Å². The number of hydrogen-bond acceptors (Lipinski definition) is 1. The zero-order valence-corrected chi connectivity index (χ0v) is 13.7. The van der Waals surface area contributed by atoms with Gasteiger partial charge in [-0.15, -0.1) is 0 Å². The summed E-state index contributed by atoms with van der Waals surface area (Å²) in [6, 6.07) is 0. The molecule has 0 aromatic carbocycles. The Hall–Kier alpha value is -0.330. The zero-order chi connectivity index (χ0) is 14.4. The summed E-state index contributed by atoms with van der Waals surface area (Å²) < 4.78 is 0. The Morgan fingerprint density at radius 2 is 1.70 bits per heavy atom. The number of unbranched alkanes of at least 4 members (excludes halogenated alkanes) is 1. The molecule has 116 valence electrons. The maximum Gasteiger partial charge on any atom is 0.129 e. The topological polar surface area (TPSA) is 17.1 Å². The lowest BCUT2D eigenvalue weighted by Gasteiger charge is -2.32. The molecule has 0 bridgehead atoms. The maximum atomic E-state index is 11.0. The Balaban J connectivity index is 1.74. The Morgan fingerprint density at radius 1 is 1.00 bits per heavy atom. The fourth-order valence-corrected chi connectivity index (χ4v) is 4.72. The van der Waals surface area contributed by atoms with Crippen LogP contribution in [0.15, 0.2) is 0 Å². The van der Waals surface area contributed by atoms with Gasteiger partial charge < -0.3 is 4.79 Å². The molecule has 2 rings (SSSR count). The molecule has 2 aliphatic rings. The lowest BCUT2D eigenvalue weighted by atomic mass is 9.73. The van der Waals surface area contributed by atoms with E-state index in [4.69, 9.17) is 0 Å². The highest BCUT2D eigenvalue weighted by Crippen LogP contribution is 2.43. The van der Waals surface area contributed by atoms with Crippen molar-refractivity contribution in [3.8, 4) is 0 Å². The number of Topliss-reactive ketones (excluding diaryl/α,β-unsaturated/α-hetero) is 1. The van der Waals surface area contributed by atoms with Gasteiger partial charge in [-0.25, -0.2) is 0 Å². The van der Waals surface area contributed by atoms with Crippen LogP contribution in [0.1, 0.15) is 90.9 Å². The van der Waals surface area contributed by atoms with Gasteiger partial charge in [-0.2, -0.15) is 0 Å². The smallest absolute Gasteiger partial charge is 0.129 e. The average molecular weight is 278 g/mol. The van der Waals surface area contributed by atoms with E-state index in [-0.39, 0.29) is 0 Å². The highest BCUT2D eigenvalue weighted by Gasteiger charge is 2.31. The van der Waals surface area contributed by atoms with E-state index in [1.165, 1.54) is 64.2 Å². The van der Waals surface area contributed by atoms with Crippen molar-refractivity contribution in [1.29, 1.82) is 0 Å². The van der Waals surface area contributed by atoms with E-state index in [1.54, 1.807) is 6.92 Å². The lowest BCUT2D eigenvalue weighted by molar-refractivity contribution is -0.117. The molecule has 0 heterocycles. The molecule has 0 radical (unpaired) electrons. The van der Waals surface area contributed by atoms with Crippen molar-refractivity contribution < 1.29 is 4.79 Å². The first-order valence-corrected chi connectivity index (χ1v) is 9.16. The third-order valence-electron chi connectivity index (χ3n) is 6.06. The van der Waals surface area contributed by atoms with Gasteiger partial charge in [0.2, 0.25) is 0 Å². The SMILES string of the molecule is CC(=O)CCCCC(C)C1CCCC2CCCCC2C1. The molecule has 4 unspecified atom stereocenters. The van der Waals surface area contributed by atoms with Gasteiger partial charge in [-0.1, -0.05) is 64.7 Å². The van der Waals surface area contributed by atoms with Crippen molar-refractivity contribution in [3.63, 3.8) is 0 Å². The van der Waals surface area contributed by atoms with Crippen molar-refractivity contribution in [2.24, 2.45) is 23.7 Å². The molecule has 0 aromatic rings. The highest BCUT2D eigenvalue weighted by atomic mass is 16.1. The summed E-state index contributed by atoms with van der Waals surface area (Å²) in [4.78, 5) is 11.0. The standard InChI is InChI=1S/C19H34O/c1-15(8-3-4-9-16(2)20)18-13-7-12-17-10-5-6-11-19(17)14-18/h15,17-19H,3-14H2,1-2H3. The fraction of sp³-hybridized carbons (Fsp3) is 0.947. The number of hydrogen-bond donors (Lipinski definition) is 0. The molecule has 2 fully saturated rings. The van der Waals surface area contributed by atoms with E-state index < -0.39 is 0 Å². The molecule has 2 aliphatic carbocycles. The van der Waals surface area contributed by atoms with Crippen molar-refractivity contribution in [1.82, 2.24) is 0 Å². The maximum absolute atomic E-state index is 11.0. The highest BCUT2D eigenvalue weighted by molar-refractivity contribution is 5.75. The summed E-state index contributed by atoms with van der Waals surface area (Å²) in [5.41, 5.74) is 0. The number of carbonyl (C=O) groups is 1. The minimum atomic E-state index is 0.358. The van der Waals surface area contributed by atoms with Crippen LogP contribution in [0.3, 0.4) is 0 Å². The Kier molecular flexibility index (Phi) is 6.58. The van der Waals surface area contributed by atoms with E-state index in [9.17, 15) is 4.79 Å². The molecule has 4 atom stereocenters. The summed E-state index contributed by atoms with van der Waals surface area (Å²) in [7, 11) is 0. The zero-order valence-electron chi connectivity index (χ0n) is 13.7. The summed E-state index contributed by atoms with van der Waals surface area (Å²) in [5, 5.41) is 0. The first-order valence-electron chi connectivity index (χ1n) is 9.16.